The summed E-state index contributed by atoms with van der Waals surface area (Å²) in [6, 6.07) is 7.01. The first-order chi connectivity index (χ1) is 6.63. The van der Waals surface area contributed by atoms with Crippen molar-refractivity contribution in [1.82, 2.24) is 0 Å². The van der Waals surface area contributed by atoms with E-state index in [4.69, 9.17) is 20.3 Å². The normalized spacial score (nSPS) is 14.6. The van der Waals surface area contributed by atoms with Crippen molar-refractivity contribution in [3.05, 3.63) is 24.3 Å². The minimum Gasteiger partial charge on any atom is -0.497 e. The molecule has 4 nitrogen and oxygen atoms in total. The lowest BCUT2D eigenvalue weighted by atomic mass is 10.3. The molecule has 14 heavy (non-hydrogen) atoms. The first-order valence-corrected chi connectivity index (χ1v) is 4.38. The molecule has 0 amide bonds. The molecule has 1 aromatic rings. The Bertz CT molecular complexity index is 271. The van der Waals surface area contributed by atoms with E-state index < -0.39 is 12.3 Å². The molecule has 0 spiro atoms. The number of aliphatic hydroxyl groups excluding tert-OH is 1. The SMILES string of the molecule is COc1ccc(OC(N)C(C)O)cc1. The second kappa shape index (κ2) is 4.83. The Kier molecular flexibility index (Phi) is 3.73. The van der Waals surface area contributed by atoms with Crippen LogP contribution in [-0.2, 0) is 0 Å². The molecule has 1 aromatic carbocycles. The second-order valence-electron chi connectivity index (χ2n) is 3.00. The lowest BCUT2D eigenvalue weighted by molar-refractivity contribution is 0.0528. The van der Waals surface area contributed by atoms with Crippen LogP contribution in [0.25, 0.3) is 0 Å². The van der Waals surface area contributed by atoms with Crippen molar-refractivity contribution in [2.24, 2.45) is 5.73 Å². The van der Waals surface area contributed by atoms with E-state index in [9.17, 15) is 0 Å². The van der Waals surface area contributed by atoms with E-state index >= 15 is 0 Å². The molecule has 3 N–H and O–H groups in total. The Morgan fingerprint density at radius 2 is 1.71 bits per heavy atom. The number of aliphatic hydroxyl groups is 1. The van der Waals surface area contributed by atoms with E-state index in [1.54, 1.807) is 38.3 Å². The molecule has 4 heteroatoms. The van der Waals surface area contributed by atoms with E-state index in [-0.39, 0.29) is 0 Å². The summed E-state index contributed by atoms with van der Waals surface area (Å²) in [5.41, 5.74) is 5.52. The fraction of sp³-hybridized carbons (Fsp3) is 0.400. The topological polar surface area (TPSA) is 64.7 Å². The molecule has 2 unspecified atom stereocenters. The molecule has 2 atom stereocenters. The number of hydrogen-bond acceptors (Lipinski definition) is 4. The largest absolute Gasteiger partial charge is 0.497 e. The van der Waals surface area contributed by atoms with E-state index in [1.165, 1.54) is 0 Å². The van der Waals surface area contributed by atoms with Crippen LogP contribution in [0.3, 0.4) is 0 Å². The standard InChI is InChI=1S/C10H15NO3/c1-7(12)10(11)14-9-5-3-8(13-2)4-6-9/h3-7,10,12H,11H2,1-2H3. The van der Waals surface area contributed by atoms with Gasteiger partial charge in [0.25, 0.3) is 0 Å². The van der Waals surface area contributed by atoms with Crippen molar-refractivity contribution in [1.29, 1.82) is 0 Å². The Morgan fingerprint density at radius 1 is 1.21 bits per heavy atom. The maximum absolute atomic E-state index is 9.11. The second-order valence-corrected chi connectivity index (χ2v) is 3.00. The molecule has 0 aliphatic heterocycles. The molecule has 0 bridgehead atoms. The van der Waals surface area contributed by atoms with Gasteiger partial charge in [0.05, 0.1) is 7.11 Å². The number of hydrogen-bond donors (Lipinski definition) is 2. The van der Waals surface area contributed by atoms with Gasteiger partial charge in [-0.1, -0.05) is 0 Å². The number of methoxy groups -OCH3 is 1. The minimum atomic E-state index is -0.705. The average Bonchev–Trinajstić information content (AvgIpc) is 2.19. The van der Waals surface area contributed by atoms with Gasteiger partial charge < -0.3 is 14.6 Å². The lowest BCUT2D eigenvalue weighted by Gasteiger charge is -2.16. The summed E-state index contributed by atoms with van der Waals surface area (Å²) >= 11 is 0. The Hall–Kier alpha value is -1.26. The average molecular weight is 197 g/mol. The molecule has 1 rings (SSSR count). The predicted octanol–water partition coefficient (Wildman–Crippen LogP) is 0.740. The zero-order valence-corrected chi connectivity index (χ0v) is 8.31. The van der Waals surface area contributed by atoms with Gasteiger partial charge in [-0.15, -0.1) is 0 Å². The molecule has 0 aliphatic carbocycles. The van der Waals surface area contributed by atoms with Crippen LogP contribution in [0.1, 0.15) is 6.92 Å². The van der Waals surface area contributed by atoms with Gasteiger partial charge in [-0.2, -0.15) is 0 Å². The zero-order valence-electron chi connectivity index (χ0n) is 8.31. The maximum atomic E-state index is 9.11. The van der Waals surface area contributed by atoms with Crippen LogP contribution in [0.15, 0.2) is 24.3 Å². The number of nitrogens with two attached hydrogens (primary N) is 1. The van der Waals surface area contributed by atoms with Crippen LogP contribution in [-0.4, -0.2) is 24.5 Å². The zero-order chi connectivity index (χ0) is 10.6. The minimum absolute atomic E-state index is 0.610. The van der Waals surface area contributed by atoms with E-state index in [0.29, 0.717) is 5.75 Å². The van der Waals surface area contributed by atoms with E-state index in [0.717, 1.165) is 5.75 Å². The van der Waals surface area contributed by atoms with Gasteiger partial charge >= 0.3 is 0 Å². The highest BCUT2D eigenvalue weighted by molar-refractivity contribution is 5.31. The van der Waals surface area contributed by atoms with Gasteiger partial charge in [0.15, 0.2) is 6.23 Å². The van der Waals surface area contributed by atoms with Crippen molar-refractivity contribution in [2.75, 3.05) is 7.11 Å². The first-order valence-electron chi connectivity index (χ1n) is 4.38. The lowest BCUT2D eigenvalue weighted by Crippen LogP contribution is -2.37. The molecule has 78 valence electrons. The quantitative estimate of drug-likeness (QED) is 0.699. The van der Waals surface area contributed by atoms with Gasteiger partial charge in [0.2, 0.25) is 0 Å². The van der Waals surface area contributed by atoms with Crippen LogP contribution in [0.2, 0.25) is 0 Å². The summed E-state index contributed by atoms with van der Waals surface area (Å²) in [7, 11) is 1.59. The summed E-state index contributed by atoms with van der Waals surface area (Å²) in [6.45, 7) is 1.58. The summed E-state index contributed by atoms with van der Waals surface area (Å²) < 4.78 is 10.2. The first kappa shape index (κ1) is 10.8. The smallest absolute Gasteiger partial charge is 0.173 e. The van der Waals surface area contributed by atoms with E-state index in [2.05, 4.69) is 0 Å². The van der Waals surface area contributed by atoms with Gasteiger partial charge in [0, 0.05) is 0 Å². The summed E-state index contributed by atoms with van der Waals surface area (Å²) in [5, 5.41) is 9.11. The Morgan fingerprint density at radius 3 is 2.14 bits per heavy atom. The van der Waals surface area contributed by atoms with Crippen molar-refractivity contribution in [3.8, 4) is 11.5 Å². The molecule has 0 radical (unpaired) electrons. The molecule has 0 aromatic heterocycles. The summed E-state index contributed by atoms with van der Waals surface area (Å²) in [6.07, 6.45) is -1.40. The Balaban J connectivity index is 2.59. The van der Waals surface area contributed by atoms with Crippen molar-refractivity contribution >= 4 is 0 Å². The van der Waals surface area contributed by atoms with Crippen molar-refractivity contribution in [3.63, 3.8) is 0 Å². The van der Waals surface area contributed by atoms with Gasteiger partial charge in [0.1, 0.15) is 17.6 Å². The molecule has 0 saturated heterocycles. The fourth-order valence-electron chi connectivity index (χ4n) is 0.910. The molecule has 0 heterocycles. The highest BCUT2D eigenvalue weighted by Crippen LogP contribution is 2.17. The third kappa shape index (κ3) is 2.90. The maximum Gasteiger partial charge on any atom is 0.173 e. The van der Waals surface area contributed by atoms with Crippen LogP contribution >= 0.6 is 0 Å². The van der Waals surface area contributed by atoms with Crippen molar-refractivity contribution < 1.29 is 14.6 Å². The van der Waals surface area contributed by atoms with Crippen LogP contribution in [0.4, 0.5) is 0 Å². The predicted molar refractivity (Wildman–Crippen MR) is 53.3 cm³/mol. The van der Waals surface area contributed by atoms with Gasteiger partial charge in [-0.05, 0) is 31.2 Å². The van der Waals surface area contributed by atoms with Crippen molar-refractivity contribution in [2.45, 2.75) is 19.3 Å². The van der Waals surface area contributed by atoms with Crippen LogP contribution < -0.4 is 15.2 Å². The summed E-state index contributed by atoms with van der Waals surface area (Å²) in [5.74, 6) is 1.36. The molecule has 0 fully saturated rings. The fourth-order valence-corrected chi connectivity index (χ4v) is 0.910. The number of ether oxygens (including phenoxy) is 2. The molecule has 0 saturated carbocycles. The number of rotatable bonds is 4. The molecular weight excluding hydrogens is 182 g/mol. The molecule has 0 aliphatic rings. The number of benzene rings is 1. The van der Waals surface area contributed by atoms with Crippen LogP contribution in [0.5, 0.6) is 11.5 Å². The summed E-state index contributed by atoms with van der Waals surface area (Å²) in [4.78, 5) is 0. The Labute approximate surface area is 83.3 Å². The van der Waals surface area contributed by atoms with Gasteiger partial charge in [-0.3, -0.25) is 5.73 Å². The van der Waals surface area contributed by atoms with Gasteiger partial charge in [-0.25, -0.2) is 0 Å². The third-order valence-corrected chi connectivity index (χ3v) is 1.81. The molecular formula is C10H15NO3. The van der Waals surface area contributed by atoms with Crippen LogP contribution in [0, 0.1) is 0 Å². The highest BCUT2D eigenvalue weighted by Gasteiger charge is 2.10. The monoisotopic (exact) mass is 197 g/mol. The third-order valence-electron chi connectivity index (χ3n) is 1.81. The van der Waals surface area contributed by atoms with E-state index in [1.807, 2.05) is 0 Å². The highest BCUT2D eigenvalue weighted by atomic mass is 16.5.